The first-order valence-electron chi connectivity index (χ1n) is 13.5. The second-order valence-electron chi connectivity index (χ2n) is 11.1. The molecule has 0 spiro atoms. The van der Waals surface area contributed by atoms with Gasteiger partial charge in [0.1, 0.15) is 0 Å². The molecule has 1 heterocycles. The predicted octanol–water partition coefficient (Wildman–Crippen LogP) is 10.9. The lowest BCUT2D eigenvalue weighted by molar-refractivity contribution is 0.660. The fraction of sp³-hybridized carbons (Fsp3) is 0.0811. The molecule has 0 bridgehead atoms. The van der Waals surface area contributed by atoms with Gasteiger partial charge in [0, 0.05) is 37.0 Å². The fourth-order valence-electron chi connectivity index (χ4n) is 6.44. The summed E-state index contributed by atoms with van der Waals surface area (Å²) in [6.07, 6.45) is 0. The highest BCUT2D eigenvalue weighted by Gasteiger charge is 2.35. The number of thiophene rings is 1. The van der Waals surface area contributed by atoms with Crippen molar-refractivity contribution in [2.45, 2.75) is 19.3 Å². The lowest BCUT2D eigenvalue weighted by atomic mass is 9.82. The van der Waals surface area contributed by atoms with Crippen LogP contribution in [0.25, 0.3) is 53.2 Å². The van der Waals surface area contributed by atoms with Gasteiger partial charge in [-0.25, -0.2) is 0 Å². The zero-order valence-electron chi connectivity index (χ0n) is 22.0. The molecule has 1 aliphatic rings. The maximum Gasteiger partial charge on any atom is 0.0434 e. The number of hydrogen-bond donors (Lipinski definition) is 1. The SMILES string of the molecule is CC1(C)c2ccccc2-c2ccc(Nc3ccc(-c4cccc5c4sc4c6ccccc6ccc54)cc3)cc21. The van der Waals surface area contributed by atoms with Crippen LogP contribution in [0, 0.1) is 0 Å². The van der Waals surface area contributed by atoms with E-state index < -0.39 is 0 Å². The summed E-state index contributed by atoms with van der Waals surface area (Å²) in [5.74, 6) is 0. The van der Waals surface area contributed by atoms with Crippen molar-refractivity contribution in [2.75, 3.05) is 5.32 Å². The van der Waals surface area contributed by atoms with E-state index >= 15 is 0 Å². The number of nitrogens with one attached hydrogen (secondary N) is 1. The summed E-state index contributed by atoms with van der Waals surface area (Å²) in [4.78, 5) is 0. The van der Waals surface area contributed by atoms with Crippen LogP contribution in [0.1, 0.15) is 25.0 Å². The molecule has 0 aliphatic heterocycles. The lowest BCUT2D eigenvalue weighted by Crippen LogP contribution is -2.15. The van der Waals surface area contributed by atoms with E-state index in [0.717, 1.165) is 11.4 Å². The van der Waals surface area contributed by atoms with Crippen LogP contribution in [0.4, 0.5) is 11.4 Å². The maximum atomic E-state index is 3.66. The normalized spacial score (nSPS) is 13.6. The molecule has 2 heteroatoms. The van der Waals surface area contributed by atoms with E-state index in [4.69, 9.17) is 0 Å². The Morgan fingerprint density at radius 2 is 1.21 bits per heavy atom. The minimum Gasteiger partial charge on any atom is -0.356 e. The smallest absolute Gasteiger partial charge is 0.0434 e. The third-order valence-electron chi connectivity index (χ3n) is 8.46. The standard InChI is InChI=1S/C37H27NS/c1-37(2)33-13-6-5-10-29(33)30-21-19-26(22-34(30)37)38-25-17-14-24(15-18-25)28-11-7-12-31-32-20-16-23-8-3-4-9-27(23)36(32)39-35(28)31/h3-22,38H,1-2H3. The molecule has 0 unspecified atom stereocenters. The topological polar surface area (TPSA) is 12.0 Å². The highest BCUT2D eigenvalue weighted by atomic mass is 32.1. The average molecular weight is 518 g/mol. The highest BCUT2D eigenvalue weighted by molar-refractivity contribution is 7.27. The number of anilines is 2. The largest absolute Gasteiger partial charge is 0.356 e. The summed E-state index contributed by atoms with van der Waals surface area (Å²) >= 11 is 1.91. The third-order valence-corrected chi connectivity index (χ3v) is 9.74. The molecule has 0 saturated carbocycles. The fourth-order valence-corrected chi connectivity index (χ4v) is 7.81. The molecule has 1 N–H and O–H groups in total. The van der Waals surface area contributed by atoms with E-state index in [1.165, 1.54) is 64.3 Å². The molecule has 0 fully saturated rings. The molecule has 1 aromatic heterocycles. The Balaban J connectivity index is 1.14. The molecule has 0 radical (unpaired) electrons. The Hall–Kier alpha value is -4.40. The second-order valence-corrected chi connectivity index (χ2v) is 12.1. The Labute approximate surface area is 232 Å². The minimum atomic E-state index is 0.00172. The second kappa shape index (κ2) is 8.30. The first kappa shape index (κ1) is 22.6. The van der Waals surface area contributed by atoms with Crippen molar-refractivity contribution < 1.29 is 0 Å². The predicted molar refractivity (Wildman–Crippen MR) is 170 cm³/mol. The number of benzene rings is 6. The summed E-state index contributed by atoms with van der Waals surface area (Å²) in [6, 6.07) is 44.4. The van der Waals surface area contributed by atoms with E-state index in [-0.39, 0.29) is 5.41 Å². The first-order valence-corrected chi connectivity index (χ1v) is 14.3. The van der Waals surface area contributed by atoms with Gasteiger partial charge in [-0.3, -0.25) is 0 Å². The molecule has 186 valence electrons. The van der Waals surface area contributed by atoms with Gasteiger partial charge in [-0.2, -0.15) is 0 Å². The molecule has 0 amide bonds. The van der Waals surface area contributed by atoms with Gasteiger partial charge in [-0.15, -0.1) is 11.3 Å². The van der Waals surface area contributed by atoms with Crippen molar-refractivity contribution in [3.63, 3.8) is 0 Å². The molecular formula is C37H27NS. The van der Waals surface area contributed by atoms with Gasteiger partial charge >= 0.3 is 0 Å². The zero-order chi connectivity index (χ0) is 26.1. The monoisotopic (exact) mass is 517 g/mol. The van der Waals surface area contributed by atoms with Gasteiger partial charge in [0.05, 0.1) is 0 Å². The molecule has 1 aliphatic carbocycles. The maximum absolute atomic E-state index is 3.66. The summed E-state index contributed by atoms with van der Waals surface area (Å²) < 4.78 is 2.72. The zero-order valence-corrected chi connectivity index (χ0v) is 22.8. The quantitative estimate of drug-likeness (QED) is 0.246. The van der Waals surface area contributed by atoms with Crippen LogP contribution in [-0.2, 0) is 5.41 Å². The van der Waals surface area contributed by atoms with Crippen molar-refractivity contribution >= 4 is 53.7 Å². The Kier molecular flexibility index (Phi) is 4.80. The van der Waals surface area contributed by atoms with Crippen molar-refractivity contribution in [1.82, 2.24) is 0 Å². The van der Waals surface area contributed by atoms with Crippen LogP contribution in [0.5, 0.6) is 0 Å². The van der Waals surface area contributed by atoms with E-state index in [0.29, 0.717) is 0 Å². The van der Waals surface area contributed by atoms with E-state index in [1.807, 2.05) is 11.3 Å². The van der Waals surface area contributed by atoms with Gasteiger partial charge in [-0.05, 0) is 68.4 Å². The molecule has 0 saturated heterocycles. The molecule has 1 nitrogen and oxygen atoms in total. The van der Waals surface area contributed by atoms with Crippen LogP contribution in [0.2, 0.25) is 0 Å². The third kappa shape index (κ3) is 3.38. The summed E-state index contributed by atoms with van der Waals surface area (Å²) in [7, 11) is 0. The van der Waals surface area contributed by atoms with Gasteiger partial charge in [-0.1, -0.05) is 111 Å². The van der Waals surface area contributed by atoms with Gasteiger partial charge in [0.15, 0.2) is 0 Å². The van der Waals surface area contributed by atoms with Gasteiger partial charge in [0.25, 0.3) is 0 Å². The first-order chi connectivity index (χ1) is 19.1. The number of rotatable bonds is 3. The van der Waals surface area contributed by atoms with Crippen LogP contribution in [0.3, 0.4) is 0 Å². The molecule has 7 aromatic rings. The summed E-state index contributed by atoms with van der Waals surface area (Å²) in [5.41, 5.74) is 10.3. The summed E-state index contributed by atoms with van der Waals surface area (Å²) in [6.45, 7) is 4.65. The van der Waals surface area contributed by atoms with E-state index in [9.17, 15) is 0 Å². The van der Waals surface area contributed by atoms with Crippen molar-refractivity contribution in [3.8, 4) is 22.3 Å². The van der Waals surface area contributed by atoms with E-state index in [1.54, 1.807) is 0 Å². The Morgan fingerprint density at radius 3 is 2.10 bits per heavy atom. The van der Waals surface area contributed by atoms with Crippen LogP contribution < -0.4 is 5.32 Å². The summed E-state index contributed by atoms with van der Waals surface area (Å²) in [5, 5.41) is 8.97. The van der Waals surface area contributed by atoms with Gasteiger partial charge in [0.2, 0.25) is 0 Å². The van der Waals surface area contributed by atoms with Gasteiger partial charge < -0.3 is 5.32 Å². The van der Waals surface area contributed by atoms with Crippen LogP contribution in [-0.4, -0.2) is 0 Å². The van der Waals surface area contributed by atoms with E-state index in [2.05, 4.69) is 140 Å². The molecule has 39 heavy (non-hydrogen) atoms. The molecular weight excluding hydrogens is 490 g/mol. The Morgan fingerprint density at radius 1 is 0.513 bits per heavy atom. The van der Waals surface area contributed by atoms with Crippen molar-refractivity contribution in [3.05, 3.63) is 132 Å². The molecule has 8 rings (SSSR count). The van der Waals surface area contributed by atoms with Crippen molar-refractivity contribution in [2.24, 2.45) is 0 Å². The molecule has 0 atom stereocenters. The highest BCUT2D eigenvalue weighted by Crippen LogP contribution is 2.49. The number of hydrogen-bond acceptors (Lipinski definition) is 2. The van der Waals surface area contributed by atoms with Crippen LogP contribution >= 0.6 is 11.3 Å². The average Bonchev–Trinajstić information content (AvgIpc) is 3.47. The lowest BCUT2D eigenvalue weighted by Gasteiger charge is -2.22. The van der Waals surface area contributed by atoms with Crippen LogP contribution in [0.15, 0.2) is 121 Å². The number of fused-ring (bicyclic) bond motifs is 8. The van der Waals surface area contributed by atoms with Crippen molar-refractivity contribution in [1.29, 1.82) is 0 Å². The molecule has 6 aromatic carbocycles. The minimum absolute atomic E-state index is 0.00172. The Bertz CT molecular complexity index is 2060.